The normalized spacial score (nSPS) is 17.9. The van der Waals surface area contributed by atoms with Crippen molar-refractivity contribution < 1.29 is 23.5 Å². The molecule has 1 aromatic rings. The summed E-state index contributed by atoms with van der Waals surface area (Å²) in [5.74, 6) is -1.16. The molecule has 0 aromatic heterocycles. The van der Waals surface area contributed by atoms with Crippen LogP contribution in [0.2, 0.25) is 0 Å². The summed E-state index contributed by atoms with van der Waals surface area (Å²) in [6, 6.07) is 4.14. The molecule has 1 aliphatic heterocycles. The Hall–Kier alpha value is -1.91. The molecule has 0 spiro atoms. The summed E-state index contributed by atoms with van der Waals surface area (Å²) in [7, 11) is 0. The van der Waals surface area contributed by atoms with Gasteiger partial charge >= 0.3 is 11.9 Å². The number of carbonyl (C=O) groups is 2. The maximum absolute atomic E-state index is 13.1. The number of benzene rings is 1. The number of hydrogen-bond acceptors (Lipinski definition) is 4. The third-order valence-electron chi connectivity index (χ3n) is 3.04. The van der Waals surface area contributed by atoms with Crippen LogP contribution in [0.3, 0.4) is 0 Å². The molecule has 0 unspecified atom stereocenters. The molecule has 108 valence electrons. The highest BCUT2D eigenvalue weighted by Crippen LogP contribution is 2.29. The molecule has 1 atom stereocenters. The number of fused-ring (bicyclic) bond motifs is 1. The van der Waals surface area contributed by atoms with Gasteiger partial charge in [-0.2, -0.15) is 0 Å². The van der Waals surface area contributed by atoms with Crippen LogP contribution < -0.4 is 4.74 Å². The fraction of sp³-hybridized carbons (Fsp3) is 0.467. The van der Waals surface area contributed by atoms with Gasteiger partial charge in [-0.1, -0.05) is 0 Å². The van der Waals surface area contributed by atoms with E-state index in [0.29, 0.717) is 18.6 Å². The van der Waals surface area contributed by atoms with E-state index in [4.69, 9.17) is 9.47 Å². The largest absolute Gasteiger partial charge is 0.478 e. The number of rotatable bonds is 1. The molecule has 1 aromatic carbocycles. The van der Waals surface area contributed by atoms with E-state index < -0.39 is 23.5 Å². The SMILES string of the molecule is CC(C)(C)C(=O)OC(=O)[C@@H]1CCc2cc(F)ccc2O1. The van der Waals surface area contributed by atoms with Gasteiger partial charge < -0.3 is 9.47 Å². The lowest BCUT2D eigenvalue weighted by molar-refractivity contribution is -0.170. The van der Waals surface area contributed by atoms with Gasteiger partial charge in [0.1, 0.15) is 11.6 Å². The average molecular weight is 280 g/mol. The lowest BCUT2D eigenvalue weighted by Crippen LogP contribution is -2.36. The van der Waals surface area contributed by atoms with Crippen molar-refractivity contribution in [1.29, 1.82) is 0 Å². The number of halogens is 1. The van der Waals surface area contributed by atoms with Crippen molar-refractivity contribution in [2.45, 2.75) is 39.7 Å². The Labute approximate surface area is 116 Å². The Bertz CT molecular complexity index is 545. The summed E-state index contributed by atoms with van der Waals surface area (Å²) < 4.78 is 23.3. The van der Waals surface area contributed by atoms with Crippen LogP contribution in [0, 0.1) is 11.2 Å². The molecule has 0 bridgehead atoms. The van der Waals surface area contributed by atoms with Crippen molar-refractivity contribution >= 4 is 11.9 Å². The first kappa shape index (κ1) is 14.5. The summed E-state index contributed by atoms with van der Waals surface area (Å²) in [5.41, 5.74) is -0.0260. The second-order valence-corrected chi connectivity index (χ2v) is 5.86. The Morgan fingerprint density at radius 2 is 2.05 bits per heavy atom. The molecule has 20 heavy (non-hydrogen) atoms. The van der Waals surface area contributed by atoms with Crippen molar-refractivity contribution in [3.63, 3.8) is 0 Å². The smallest absolute Gasteiger partial charge is 0.354 e. The third-order valence-corrected chi connectivity index (χ3v) is 3.04. The molecule has 0 saturated heterocycles. The predicted octanol–water partition coefficient (Wildman–Crippen LogP) is 2.64. The summed E-state index contributed by atoms with van der Waals surface area (Å²) in [4.78, 5) is 23.5. The second-order valence-electron chi connectivity index (χ2n) is 5.86. The lowest BCUT2D eigenvalue weighted by atomic mass is 9.97. The van der Waals surface area contributed by atoms with Gasteiger partial charge in [0, 0.05) is 0 Å². The minimum Gasteiger partial charge on any atom is -0.478 e. The molecule has 1 heterocycles. The zero-order chi connectivity index (χ0) is 14.9. The van der Waals surface area contributed by atoms with E-state index in [-0.39, 0.29) is 5.82 Å². The first-order chi connectivity index (χ1) is 9.27. The highest BCUT2D eigenvalue weighted by molar-refractivity contribution is 5.90. The molecule has 0 radical (unpaired) electrons. The highest BCUT2D eigenvalue weighted by Gasteiger charge is 2.32. The molecule has 5 heteroatoms. The van der Waals surface area contributed by atoms with Gasteiger partial charge in [0.05, 0.1) is 5.41 Å². The van der Waals surface area contributed by atoms with E-state index in [1.807, 2.05) is 0 Å². The average Bonchev–Trinajstić information content (AvgIpc) is 2.36. The van der Waals surface area contributed by atoms with Crippen molar-refractivity contribution in [3.05, 3.63) is 29.6 Å². The van der Waals surface area contributed by atoms with Crippen molar-refractivity contribution in [2.75, 3.05) is 0 Å². The number of aryl methyl sites for hydroxylation is 1. The van der Waals surface area contributed by atoms with Gasteiger partial charge in [-0.3, -0.25) is 4.79 Å². The molecular formula is C15H17FO4. The van der Waals surface area contributed by atoms with Crippen LogP contribution in [0.4, 0.5) is 4.39 Å². The van der Waals surface area contributed by atoms with E-state index >= 15 is 0 Å². The second kappa shape index (κ2) is 5.23. The van der Waals surface area contributed by atoms with Gasteiger partial charge in [0.2, 0.25) is 0 Å². The number of ether oxygens (including phenoxy) is 2. The van der Waals surface area contributed by atoms with Gasteiger partial charge in [-0.05, 0) is 57.4 Å². The Morgan fingerprint density at radius 1 is 1.35 bits per heavy atom. The zero-order valence-corrected chi connectivity index (χ0v) is 11.7. The molecular weight excluding hydrogens is 263 g/mol. The van der Waals surface area contributed by atoms with Crippen LogP contribution in [-0.2, 0) is 20.7 Å². The summed E-state index contributed by atoms with van der Waals surface area (Å²) in [5, 5.41) is 0. The van der Waals surface area contributed by atoms with Crippen LogP contribution in [0.15, 0.2) is 18.2 Å². The van der Waals surface area contributed by atoms with Gasteiger partial charge in [0.25, 0.3) is 0 Å². The molecule has 0 saturated carbocycles. The highest BCUT2D eigenvalue weighted by atomic mass is 19.1. The standard InChI is InChI=1S/C15H17FO4/c1-15(2,3)14(18)20-13(17)12-6-4-9-8-10(16)5-7-11(9)19-12/h5,7-8,12H,4,6H2,1-3H3/t12-/m0/s1. The number of hydrogen-bond donors (Lipinski definition) is 0. The van der Waals surface area contributed by atoms with Crippen LogP contribution in [-0.4, -0.2) is 18.0 Å². The molecule has 0 fully saturated rings. The molecule has 0 aliphatic carbocycles. The van der Waals surface area contributed by atoms with E-state index in [0.717, 1.165) is 5.56 Å². The van der Waals surface area contributed by atoms with E-state index in [9.17, 15) is 14.0 Å². The fourth-order valence-corrected chi connectivity index (χ4v) is 1.83. The maximum atomic E-state index is 13.1. The lowest BCUT2D eigenvalue weighted by Gasteiger charge is -2.25. The molecule has 4 nitrogen and oxygen atoms in total. The minimum absolute atomic E-state index is 0.337. The Morgan fingerprint density at radius 3 is 2.70 bits per heavy atom. The van der Waals surface area contributed by atoms with Crippen molar-refractivity contribution in [1.82, 2.24) is 0 Å². The Balaban J connectivity index is 2.04. The van der Waals surface area contributed by atoms with Crippen molar-refractivity contribution in [3.8, 4) is 5.75 Å². The topological polar surface area (TPSA) is 52.6 Å². The summed E-state index contributed by atoms with van der Waals surface area (Å²) in [6.07, 6.45) is 0.0581. The molecule has 1 aliphatic rings. The van der Waals surface area contributed by atoms with E-state index in [2.05, 4.69) is 0 Å². The zero-order valence-electron chi connectivity index (χ0n) is 11.7. The first-order valence-corrected chi connectivity index (χ1v) is 6.48. The quantitative estimate of drug-likeness (QED) is 0.586. The van der Waals surface area contributed by atoms with Gasteiger partial charge in [-0.15, -0.1) is 0 Å². The van der Waals surface area contributed by atoms with Crippen molar-refractivity contribution in [2.24, 2.45) is 5.41 Å². The summed E-state index contributed by atoms with van der Waals surface area (Å²) in [6.45, 7) is 5.01. The Kier molecular flexibility index (Phi) is 3.79. The van der Waals surface area contributed by atoms with Crippen LogP contribution in [0.5, 0.6) is 5.75 Å². The number of carbonyl (C=O) groups excluding carboxylic acids is 2. The molecule has 0 N–H and O–H groups in total. The summed E-state index contributed by atoms with van der Waals surface area (Å²) >= 11 is 0. The fourth-order valence-electron chi connectivity index (χ4n) is 1.83. The predicted molar refractivity (Wildman–Crippen MR) is 69.7 cm³/mol. The molecule has 0 amide bonds. The van der Waals surface area contributed by atoms with E-state index in [1.165, 1.54) is 18.2 Å². The molecule has 2 rings (SSSR count). The number of esters is 2. The van der Waals surface area contributed by atoms with E-state index in [1.54, 1.807) is 20.8 Å². The van der Waals surface area contributed by atoms with Crippen LogP contribution in [0.25, 0.3) is 0 Å². The van der Waals surface area contributed by atoms with Crippen LogP contribution >= 0.6 is 0 Å². The first-order valence-electron chi connectivity index (χ1n) is 6.48. The minimum atomic E-state index is -0.820. The monoisotopic (exact) mass is 280 g/mol. The third kappa shape index (κ3) is 3.15. The maximum Gasteiger partial charge on any atom is 0.354 e. The van der Waals surface area contributed by atoms with Gasteiger partial charge in [0.15, 0.2) is 6.10 Å². The van der Waals surface area contributed by atoms with Gasteiger partial charge in [-0.25, -0.2) is 9.18 Å². The van der Waals surface area contributed by atoms with Crippen LogP contribution in [0.1, 0.15) is 32.8 Å².